The molecule has 3 rings (SSSR count). The molecule has 0 spiro atoms. The summed E-state index contributed by atoms with van der Waals surface area (Å²) in [4.78, 5) is 4.10. The summed E-state index contributed by atoms with van der Waals surface area (Å²) < 4.78 is 11.6. The minimum atomic E-state index is -0.378. The van der Waals surface area contributed by atoms with E-state index in [1.165, 1.54) is 0 Å². The van der Waals surface area contributed by atoms with Crippen LogP contribution in [0.5, 0.6) is 11.5 Å². The van der Waals surface area contributed by atoms with Crippen LogP contribution >= 0.6 is 0 Å². The smallest absolute Gasteiger partial charge is 0.161 e. The van der Waals surface area contributed by atoms with E-state index in [9.17, 15) is 0 Å². The van der Waals surface area contributed by atoms with Crippen molar-refractivity contribution in [2.24, 2.45) is 5.73 Å². The van der Waals surface area contributed by atoms with E-state index in [-0.39, 0.29) is 12.1 Å². The molecule has 20 heavy (non-hydrogen) atoms. The normalized spacial score (nSPS) is 18.6. The number of ether oxygens (including phenoxy) is 2. The van der Waals surface area contributed by atoms with E-state index in [4.69, 9.17) is 20.9 Å². The molecule has 2 aromatic rings. The van der Waals surface area contributed by atoms with E-state index in [1.54, 1.807) is 6.20 Å². The molecule has 0 radical (unpaired) electrons. The van der Waals surface area contributed by atoms with Crippen molar-refractivity contribution in [2.75, 3.05) is 12.3 Å². The van der Waals surface area contributed by atoms with Crippen molar-refractivity contribution in [1.82, 2.24) is 4.98 Å². The monoisotopic (exact) mass is 271 g/mol. The van der Waals surface area contributed by atoms with Gasteiger partial charge >= 0.3 is 0 Å². The largest absolute Gasteiger partial charge is 0.486 e. The Hall–Kier alpha value is -2.27. The molecular formula is C15H17N3O2. The van der Waals surface area contributed by atoms with Crippen LogP contribution in [0.15, 0.2) is 36.5 Å². The van der Waals surface area contributed by atoms with Gasteiger partial charge in [-0.05, 0) is 30.7 Å². The van der Waals surface area contributed by atoms with Crippen molar-refractivity contribution in [3.8, 4) is 11.5 Å². The Morgan fingerprint density at radius 3 is 2.75 bits per heavy atom. The number of hydrogen-bond acceptors (Lipinski definition) is 5. The topological polar surface area (TPSA) is 83.4 Å². The van der Waals surface area contributed by atoms with Crippen LogP contribution in [0, 0.1) is 6.92 Å². The Morgan fingerprint density at radius 1 is 1.25 bits per heavy atom. The van der Waals surface area contributed by atoms with Crippen LogP contribution < -0.4 is 20.9 Å². The summed E-state index contributed by atoms with van der Waals surface area (Å²) in [5.74, 6) is 1.89. The average molecular weight is 271 g/mol. The molecule has 5 nitrogen and oxygen atoms in total. The second-order valence-electron chi connectivity index (χ2n) is 4.87. The highest BCUT2D eigenvalue weighted by Gasteiger charge is 2.29. The molecule has 0 fully saturated rings. The Labute approximate surface area is 117 Å². The zero-order valence-electron chi connectivity index (χ0n) is 11.2. The highest BCUT2D eigenvalue weighted by atomic mass is 16.6. The Balaban J connectivity index is 1.88. The van der Waals surface area contributed by atoms with E-state index in [0.717, 1.165) is 16.9 Å². The third-order valence-corrected chi connectivity index (χ3v) is 3.50. The second-order valence-corrected chi connectivity index (χ2v) is 4.87. The Bertz CT molecular complexity index is 610. The number of nitrogens with zero attached hydrogens (tertiary/aromatic N) is 1. The van der Waals surface area contributed by atoms with E-state index in [0.29, 0.717) is 18.2 Å². The first-order valence-electron chi connectivity index (χ1n) is 6.52. The van der Waals surface area contributed by atoms with Gasteiger partial charge in [-0.3, -0.25) is 0 Å². The summed E-state index contributed by atoms with van der Waals surface area (Å²) in [6.45, 7) is 2.36. The Morgan fingerprint density at radius 2 is 2.00 bits per heavy atom. The molecule has 104 valence electrons. The average Bonchev–Trinajstić information content (AvgIpc) is 2.46. The molecule has 1 aliphatic rings. The zero-order chi connectivity index (χ0) is 14.1. The predicted octanol–water partition coefficient (Wildman–Crippen LogP) is 1.81. The number of pyridine rings is 1. The molecule has 0 aliphatic carbocycles. The first-order chi connectivity index (χ1) is 9.66. The van der Waals surface area contributed by atoms with E-state index < -0.39 is 0 Å². The lowest BCUT2D eigenvalue weighted by Crippen LogP contribution is -2.39. The number of anilines is 1. The zero-order valence-corrected chi connectivity index (χ0v) is 11.2. The van der Waals surface area contributed by atoms with Crippen LogP contribution in [0.3, 0.4) is 0 Å². The fourth-order valence-electron chi connectivity index (χ4n) is 2.42. The van der Waals surface area contributed by atoms with Crippen LogP contribution in [0.25, 0.3) is 0 Å². The molecular weight excluding hydrogens is 254 g/mol. The molecule has 2 heterocycles. The molecule has 5 heteroatoms. The third kappa shape index (κ3) is 2.16. The number of fused-ring (bicyclic) bond motifs is 1. The lowest BCUT2D eigenvalue weighted by molar-refractivity contribution is 0.0721. The van der Waals surface area contributed by atoms with Crippen molar-refractivity contribution in [3.63, 3.8) is 0 Å². The van der Waals surface area contributed by atoms with Crippen LogP contribution in [0.2, 0.25) is 0 Å². The summed E-state index contributed by atoms with van der Waals surface area (Å²) in [6.07, 6.45) is 1.39. The van der Waals surface area contributed by atoms with Crippen molar-refractivity contribution in [3.05, 3.63) is 47.7 Å². The number of aromatic nitrogens is 1. The van der Waals surface area contributed by atoms with E-state index in [2.05, 4.69) is 4.98 Å². The first kappa shape index (κ1) is 12.7. The molecule has 1 aromatic carbocycles. The van der Waals surface area contributed by atoms with Crippen LogP contribution in [-0.4, -0.2) is 17.7 Å². The van der Waals surface area contributed by atoms with Crippen molar-refractivity contribution in [2.45, 2.75) is 19.1 Å². The molecule has 2 atom stereocenters. The maximum atomic E-state index is 6.30. The lowest BCUT2D eigenvalue weighted by atomic mass is 9.98. The molecule has 0 amide bonds. The van der Waals surface area contributed by atoms with Gasteiger partial charge in [-0.1, -0.05) is 12.1 Å². The van der Waals surface area contributed by atoms with Gasteiger partial charge in [0.25, 0.3) is 0 Å². The molecule has 0 saturated heterocycles. The maximum Gasteiger partial charge on any atom is 0.161 e. The van der Waals surface area contributed by atoms with Gasteiger partial charge in [0.1, 0.15) is 12.4 Å². The predicted molar refractivity (Wildman–Crippen MR) is 76.7 cm³/mol. The van der Waals surface area contributed by atoms with Crippen LogP contribution in [-0.2, 0) is 0 Å². The molecule has 2 unspecified atom stereocenters. The fourth-order valence-corrected chi connectivity index (χ4v) is 2.42. The van der Waals surface area contributed by atoms with Gasteiger partial charge in [0.15, 0.2) is 17.6 Å². The van der Waals surface area contributed by atoms with Crippen LogP contribution in [0.4, 0.5) is 5.82 Å². The third-order valence-electron chi connectivity index (χ3n) is 3.50. The summed E-state index contributed by atoms with van der Waals surface area (Å²) in [7, 11) is 0. The quantitative estimate of drug-likeness (QED) is 0.870. The summed E-state index contributed by atoms with van der Waals surface area (Å²) in [6, 6.07) is 9.07. The standard InChI is InChI=1S/C15H17N3O2/c1-9-6-7-18-15(17)13(9)14(16)12-8-19-10-4-2-3-5-11(10)20-12/h2-7,12,14H,8,16H2,1H3,(H2,17,18). The highest BCUT2D eigenvalue weighted by Crippen LogP contribution is 2.35. The number of nitrogens with two attached hydrogens (primary N) is 2. The highest BCUT2D eigenvalue weighted by molar-refractivity contribution is 5.47. The van der Waals surface area contributed by atoms with Crippen LogP contribution in [0.1, 0.15) is 17.2 Å². The van der Waals surface area contributed by atoms with Gasteiger partial charge in [-0.2, -0.15) is 0 Å². The fraction of sp³-hybridized carbons (Fsp3) is 0.267. The minimum Gasteiger partial charge on any atom is -0.486 e. The number of nitrogen functional groups attached to an aromatic ring is 1. The molecule has 0 saturated carbocycles. The van der Waals surface area contributed by atoms with Crippen molar-refractivity contribution >= 4 is 5.82 Å². The molecule has 4 N–H and O–H groups in total. The lowest BCUT2D eigenvalue weighted by Gasteiger charge is -2.31. The number of rotatable bonds is 2. The maximum absolute atomic E-state index is 6.30. The van der Waals surface area contributed by atoms with E-state index >= 15 is 0 Å². The summed E-state index contributed by atoms with van der Waals surface area (Å²) in [5, 5.41) is 0. The number of hydrogen-bond donors (Lipinski definition) is 2. The summed E-state index contributed by atoms with van der Waals surface area (Å²) in [5.41, 5.74) is 14.1. The van der Waals surface area contributed by atoms with E-state index in [1.807, 2.05) is 37.3 Å². The van der Waals surface area contributed by atoms with Gasteiger partial charge in [0.2, 0.25) is 0 Å². The number of benzene rings is 1. The Kier molecular flexibility index (Phi) is 3.20. The number of aryl methyl sites for hydroxylation is 1. The molecule has 1 aromatic heterocycles. The van der Waals surface area contributed by atoms with Gasteiger partial charge < -0.3 is 20.9 Å². The SMILES string of the molecule is Cc1ccnc(N)c1C(N)C1COc2ccccc2O1. The molecule has 1 aliphatic heterocycles. The first-order valence-corrected chi connectivity index (χ1v) is 6.52. The summed E-state index contributed by atoms with van der Waals surface area (Å²) >= 11 is 0. The van der Waals surface area contributed by atoms with Crippen molar-refractivity contribution < 1.29 is 9.47 Å². The van der Waals surface area contributed by atoms with Gasteiger partial charge in [-0.15, -0.1) is 0 Å². The van der Waals surface area contributed by atoms with Crippen molar-refractivity contribution in [1.29, 1.82) is 0 Å². The molecule has 0 bridgehead atoms. The van der Waals surface area contributed by atoms with Gasteiger partial charge in [0, 0.05) is 11.8 Å². The van der Waals surface area contributed by atoms with Gasteiger partial charge in [0.05, 0.1) is 6.04 Å². The minimum absolute atomic E-state index is 0.282. The second kappa shape index (κ2) is 5.02. The van der Waals surface area contributed by atoms with Gasteiger partial charge in [-0.25, -0.2) is 4.98 Å². The number of para-hydroxylation sites is 2.